The summed E-state index contributed by atoms with van der Waals surface area (Å²) in [7, 11) is 0. The Morgan fingerprint density at radius 1 is 1.29 bits per heavy atom. The van der Waals surface area contributed by atoms with Gasteiger partial charge in [-0.1, -0.05) is 12.1 Å². The Morgan fingerprint density at radius 2 is 2.00 bits per heavy atom. The fourth-order valence-electron chi connectivity index (χ4n) is 2.26. The highest BCUT2D eigenvalue weighted by atomic mass is 16.5. The molecule has 1 amide bonds. The van der Waals surface area contributed by atoms with Crippen LogP contribution >= 0.6 is 0 Å². The van der Waals surface area contributed by atoms with Gasteiger partial charge < -0.3 is 10.1 Å². The minimum Gasteiger partial charge on any atom is -0.459 e. The second kappa shape index (κ2) is 7.22. The number of amides is 1. The average molecular weight is 290 g/mol. The van der Waals surface area contributed by atoms with Crippen molar-refractivity contribution in [2.75, 3.05) is 19.6 Å². The zero-order valence-electron chi connectivity index (χ0n) is 12.6. The predicted molar refractivity (Wildman–Crippen MR) is 79.9 cm³/mol. The molecule has 1 aromatic carbocycles. The minimum absolute atomic E-state index is 0.112. The highest BCUT2D eigenvalue weighted by Gasteiger charge is 2.14. The maximum absolute atomic E-state index is 11.8. The van der Waals surface area contributed by atoms with E-state index in [1.807, 2.05) is 26.0 Å². The number of hydrogen-bond donors (Lipinski definition) is 1. The summed E-state index contributed by atoms with van der Waals surface area (Å²) in [5.74, 6) is -0.176. The van der Waals surface area contributed by atoms with E-state index < -0.39 is 0 Å². The number of carbonyl (C=O) groups is 2. The van der Waals surface area contributed by atoms with E-state index in [1.54, 1.807) is 12.1 Å². The number of rotatable bonds is 4. The van der Waals surface area contributed by atoms with Gasteiger partial charge in [0.2, 0.25) is 5.91 Å². The second-order valence-electron chi connectivity index (χ2n) is 5.53. The van der Waals surface area contributed by atoms with Gasteiger partial charge in [-0.2, -0.15) is 0 Å². The summed E-state index contributed by atoms with van der Waals surface area (Å²) in [5.41, 5.74) is 1.70. The van der Waals surface area contributed by atoms with Crippen LogP contribution in [0.5, 0.6) is 0 Å². The normalized spacial score (nSPS) is 16.4. The number of nitrogens with one attached hydrogen (secondary N) is 1. The van der Waals surface area contributed by atoms with Gasteiger partial charge in [-0.05, 0) is 31.5 Å². The summed E-state index contributed by atoms with van der Waals surface area (Å²) in [6, 6.07) is 7.47. The van der Waals surface area contributed by atoms with Crippen LogP contribution in [-0.2, 0) is 16.1 Å². The Kier molecular flexibility index (Phi) is 5.33. The van der Waals surface area contributed by atoms with Crippen molar-refractivity contribution in [3.63, 3.8) is 0 Å². The molecule has 1 saturated heterocycles. The molecule has 0 aliphatic carbocycles. The summed E-state index contributed by atoms with van der Waals surface area (Å²) in [6.45, 7) is 6.76. The van der Waals surface area contributed by atoms with Crippen molar-refractivity contribution >= 4 is 11.9 Å². The number of hydrogen-bond acceptors (Lipinski definition) is 4. The Labute approximate surface area is 125 Å². The molecule has 2 rings (SSSR count). The maximum Gasteiger partial charge on any atom is 0.338 e. The van der Waals surface area contributed by atoms with Gasteiger partial charge in [0.05, 0.1) is 11.7 Å². The van der Waals surface area contributed by atoms with E-state index in [1.165, 1.54) is 0 Å². The number of nitrogens with zero attached hydrogens (tertiary/aromatic N) is 1. The van der Waals surface area contributed by atoms with Crippen LogP contribution in [0.4, 0.5) is 0 Å². The standard InChI is InChI=1S/C16H22N2O3/c1-12(2)21-16(20)14-5-3-13(4-6-14)11-18-9-7-15(19)17-8-10-18/h3-6,12H,7-11H2,1-2H3,(H,17,19). The predicted octanol–water partition coefficient (Wildman–Crippen LogP) is 1.57. The van der Waals surface area contributed by atoms with Crippen molar-refractivity contribution in [1.82, 2.24) is 10.2 Å². The van der Waals surface area contributed by atoms with Crippen LogP contribution in [0.3, 0.4) is 0 Å². The van der Waals surface area contributed by atoms with Crippen molar-refractivity contribution in [2.24, 2.45) is 0 Å². The van der Waals surface area contributed by atoms with Gasteiger partial charge in [-0.25, -0.2) is 4.79 Å². The van der Waals surface area contributed by atoms with Gasteiger partial charge in [-0.15, -0.1) is 0 Å². The molecule has 0 saturated carbocycles. The van der Waals surface area contributed by atoms with Crippen molar-refractivity contribution < 1.29 is 14.3 Å². The van der Waals surface area contributed by atoms with E-state index in [2.05, 4.69) is 10.2 Å². The van der Waals surface area contributed by atoms with Gasteiger partial charge >= 0.3 is 5.97 Å². The van der Waals surface area contributed by atoms with E-state index in [4.69, 9.17) is 4.74 Å². The summed E-state index contributed by atoms with van der Waals surface area (Å²) in [5, 5.41) is 2.86. The molecule has 0 atom stereocenters. The van der Waals surface area contributed by atoms with Crippen molar-refractivity contribution in [2.45, 2.75) is 32.9 Å². The summed E-state index contributed by atoms with van der Waals surface area (Å²) >= 11 is 0. The Hall–Kier alpha value is -1.88. The molecular weight excluding hydrogens is 268 g/mol. The molecule has 1 heterocycles. The quantitative estimate of drug-likeness (QED) is 0.855. The van der Waals surface area contributed by atoms with Crippen molar-refractivity contribution in [3.8, 4) is 0 Å². The van der Waals surface area contributed by atoms with Crippen LogP contribution in [0.2, 0.25) is 0 Å². The monoisotopic (exact) mass is 290 g/mol. The SMILES string of the molecule is CC(C)OC(=O)c1ccc(CN2CCNC(=O)CC2)cc1. The first kappa shape index (κ1) is 15.5. The van der Waals surface area contributed by atoms with E-state index in [0.717, 1.165) is 25.2 Å². The first-order chi connectivity index (χ1) is 10.0. The van der Waals surface area contributed by atoms with Crippen LogP contribution < -0.4 is 5.32 Å². The molecule has 1 aromatic rings. The molecule has 0 bridgehead atoms. The average Bonchev–Trinajstić information content (AvgIpc) is 2.64. The second-order valence-corrected chi connectivity index (χ2v) is 5.53. The van der Waals surface area contributed by atoms with Crippen molar-refractivity contribution in [3.05, 3.63) is 35.4 Å². The fraction of sp³-hybridized carbons (Fsp3) is 0.500. The van der Waals surface area contributed by atoms with Gasteiger partial charge in [0.15, 0.2) is 0 Å². The summed E-state index contributed by atoms with van der Waals surface area (Å²) < 4.78 is 5.16. The molecule has 1 aliphatic heterocycles. The Morgan fingerprint density at radius 3 is 2.67 bits per heavy atom. The Balaban J connectivity index is 1.92. The fourth-order valence-corrected chi connectivity index (χ4v) is 2.26. The molecule has 5 nitrogen and oxygen atoms in total. The minimum atomic E-state index is -0.291. The third-order valence-electron chi connectivity index (χ3n) is 3.34. The lowest BCUT2D eigenvalue weighted by atomic mass is 10.1. The van der Waals surface area contributed by atoms with E-state index >= 15 is 0 Å². The topological polar surface area (TPSA) is 58.6 Å². The molecule has 114 valence electrons. The molecule has 5 heteroatoms. The lowest BCUT2D eigenvalue weighted by Crippen LogP contribution is -2.28. The first-order valence-electron chi connectivity index (χ1n) is 7.33. The lowest BCUT2D eigenvalue weighted by Gasteiger charge is -2.19. The third kappa shape index (κ3) is 4.86. The van der Waals surface area contributed by atoms with Crippen LogP contribution in [0.25, 0.3) is 0 Å². The zero-order valence-corrected chi connectivity index (χ0v) is 12.6. The van der Waals surface area contributed by atoms with Crippen LogP contribution in [0, 0.1) is 0 Å². The van der Waals surface area contributed by atoms with Gasteiger partial charge in [0.25, 0.3) is 0 Å². The molecular formula is C16H22N2O3. The zero-order chi connectivity index (χ0) is 15.2. The molecule has 1 aliphatic rings. The number of ether oxygens (including phenoxy) is 1. The lowest BCUT2D eigenvalue weighted by molar-refractivity contribution is -0.120. The number of carbonyl (C=O) groups excluding carboxylic acids is 2. The first-order valence-corrected chi connectivity index (χ1v) is 7.33. The number of esters is 1. The van der Waals surface area contributed by atoms with Crippen molar-refractivity contribution in [1.29, 1.82) is 0 Å². The van der Waals surface area contributed by atoms with Crippen LogP contribution in [0.15, 0.2) is 24.3 Å². The molecule has 0 aromatic heterocycles. The molecule has 0 spiro atoms. The third-order valence-corrected chi connectivity index (χ3v) is 3.34. The van der Waals surface area contributed by atoms with Crippen LogP contribution in [-0.4, -0.2) is 42.5 Å². The van der Waals surface area contributed by atoms with Crippen LogP contribution in [0.1, 0.15) is 36.2 Å². The molecule has 0 radical (unpaired) electrons. The van der Waals surface area contributed by atoms with Gasteiger partial charge in [0, 0.05) is 32.6 Å². The van der Waals surface area contributed by atoms with E-state index in [-0.39, 0.29) is 18.0 Å². The summed E-state index contributed by atoms with van der Waals surface area (Å²) in [4.78, 5) is 25.3. The largest absolute Gasteiger partial charge is 0.459 e. The number of benzene rings is 1. The summed E-state index contributed by atoms with van der Waals surface area (Å²) in [6.07, 6.45) is 0.429. The highest BCUT2D eigenvalue weighted by molar-refractivity contribution is 5.89. The molecule has 0 unspecified atom stereocenters. The molecule has 1 N–H and O–H groups in total. The maximum atomic E-state index is 11.8. The smallest absolute Gasteiger partial charge is 0.338 e. The van der Waals surface area contributed by atoms with Gasteiger partial charge in [0.1, 0.15) is 0 Å². The molecule has 1 fully saturated rings. The Bertz CT molecular complexity index is 497. The van der Waals surface area contributed by atoms with Gasteiger partial charge in [-0.3, -0.25) is 9.69 Å². The van der Waals surface area contributed by atoms with E-state index in [9.17, 15) is 9.59 Å². The van der Waals surface area contributed by atoms with E-state index in [0.29, 0.717) is 18.5 Å². The molecule has 21 heavy (non-hydrogen) atoms. The highest BCUT2D eigenvalue weighted by Crippen LogP contribution is 2.10.